The van der Waals surface area contributed by atoms with Gasteiger partial charge in [0, 0.05) is 29.4 Å². The van der Waals surface area contributed by atoms with Crippen LogP contribution in [0.15, 0.2) is 76.6 Å². The Bertz CT molecular complexity index is 1540. The standard InChI is InChI=1S/C25H24ClN3O4S2/c1-3-33-14-13-29-22-12-9-19(26)16-23(22)34-25(29)27-24(30)18-5-4-6-20(15-18)28-35(31,32)21-10-7-17(2)8-11-21/h4-12,15-16,28H,3,13-14H2,1-2H3. The number of hydrogen-bond acceptors (Lipinski definition) is 5. The zero-order valence-corrected chi connectivity index (χ0v) is 21.6. The summed E-state index contributed by atoms with van der Waals surface area (Å²) in [7, 11) is -3.79. The maximum Gasteiger partial charge on any atom is 0.279 e. The van der Waals surface area contributed by atoms with E-state index in [1.807, 2.05) is 30.5 Å². The lowest BCUT2D eigenvalue weighted by Crippen LogP contribution is -2.20. The minimum atomic E-state index is -3.79. The molecule has 3 aromatic carbocycles. The lowest BCUT2D eigenvalue weighted by Gasteiger charge is -2.09. The predicted molar refractivity (Wildman–Crippen MR) is 140 cm³/mol. The van der Waals surface area contributed by atoms with E-state index in [1.54, 1.807) is 36.4 Å². The van der Waals surface area contributed by atoms with Crippen molar-refractivity contribution in [3.63, 3.8) is 0 Å². The van der Waals surface area contributed by atoms with E-state index < -0.39 is 15.9 Å². The molecule has 4 rings (SSSR count). The third-order valence-corrected chi connectivity index (χ3v) is 7.87. The number of ether oxygens (including phenoxy) is 1. The SMILES string of the molecule is CCOCCn1c(=NC(=O)c2cccc(NS(=O)(=O)c3ccc(C)cc3)c2)sc2cc(Cl)ccc21. The minimum absolute atomic E-state index is 0.142. The number of benzene rings is 3. The fourth-order valence-corrected chi connectivity index (χ4v) is 5.83. The van der Waals surface area contributed by atoms with E-state index in [2.05, 4.69) is 9.71 Å². The Balaban J connectivity index is 1.65. The number of rotatable bonds is 8. The number of carbonyl (C=O) groups is 1. The van der Waals surface area contributed by atoms with Crippen molar-refractivity contribution in [3.05, 3.63) is 87.7 Å². The summed E-state index contributed by atoms with van der Waals surface area (Å²) in [6.45, 7) is 5.39. The number of amides is 1. The maximum absolute atomic E-state index is 13.1. The second-order valence-corrected chi connectivity index (χ2v) is 10.9. The summed E-state index contributed by atoms with van der Waals surface area (Å²) in [6.07, 6.45) is 0. The number of halogens is 1. The van der Waals surface area contributed by atoms with Crippen LogP contribution in [0.5, 0.6) is 0 Å². The molecule has 0 radical (unpaired) electrons. The molecule has 1 N–H and O–H groups in total. The molecular formula is C25H24ClN3O4S2. The van der Waals surface area contributed by atoms with Gasteiger partial charge >= 0.3 is 0 Å². The summed E-state index contributed by atoms with van der Waals surface area (Å²) in [5.74, 6) is -0.482. The first-order chi connectivity index (χ1) is 16.8. The lowest BCUT2D eigenvalue weighted by molar-refractivity contribution is 0.0996. The average Bonchev–Trinajstić information content (AvgIpc) is 3.15. The second kappa shape index (κ2) is 10.7. The molecule has 0 atom stereocenters. The van der Waals surface area contributed by atoms with Crippen LogP contribution < -0.4 is 9.52 Å². The molecule has 0 aliphatic carbocycles. The van der Waals surface area contributed by atoms with Crippen molar-refractivity contribution in [3.8, 4) is 0 Å². The van der Waals surface area contributed by atoms with Gasteiger partial charge in [0.25, 0.3) is 15.9 Å². The molecule has 4 aromatic rings. The number of carbonyl (C=O) groups excluding carboxylic acids is 1. The molecule has 0 saturated carbocycles. The van der Waals surface area contributed by atoms with E-state index in [4.69, 9.17) is 16.3 Å². The average molecular weight is 530 g/mol. The predicted octanol–water partition coefficient (Wildman–Crippen LogP) is 5.24. The number of nitrogens with one attached hydrogen (secondary N) is 1. The van der Waals surface area contributed by atoms with Gasteiger partial charge in [-0.15, -0.1) is 0 Å². The molecule has 0 saturated heterocycles. The Kier molecular flexibility index (Phi) is 7.71. The van der Waals surface area contributed by atoms with Gasteiger partial charge in [0.1, 0.15) is 0 Å². The first kappa shape index (κ1) is 25.1. The van der Waals surface area contributed by atoms with Crippen molar-refractivity contribution in [2.45, 2.75) is 25.3 Å². The van der Waals surface area contributed by atoms with Crippen molar-refractivity contribution in [2.24, 2.45) is 4.99 Å². The maximum atomic E-state index is 13.1. The van der Waals surface area contributed by atoms with Crippen LogP contribution in [0.4, 0.5) is 5.69 Å². The number of nitrogens with zero attached hydrogens (tertiary/aromatic N) is 2. The van der Waals surface area contributed by atoms with Crippen LogP contribution >= 0.6 is 22.9 Å². The van der Waals surface area contributed by atoms with Gasteiger partial charge in [-0.25, -0.2) is 8.42 Å². The van der Waals surface area contributed by atoms with Crippen molar-refractivity contribution in [1.82, 2.24) is 4.57 Å². The minimum Gasteiger partial charge on any atom is -0.380 e. The van der Waals surface area contributed by atoms with Crippen LogP contribution in [0.2, 0.25) is 5.02 Å². The van der Waals surface area contributed by atoms with Crippen molar-refractivity contribution >= 4 is 54.8 Å². The van der Waals surface area contributed by atoms with E-state index >= 15 is 0 Å². The number of fused-ring (bicyclic) bond motifs is 1. The summed E-state index contributed by atoms with van der Waals surface area (Å²) in [5.41, 5.74) is 2.41. The molecule has 0 unspecified atom stereocenters. The molecule has 10 heteroatoms. The normalized spacial score (nSPS) is 12.3. The second-order valence-electron chi connectivity index (χ2n) is 7.76. The van der Waals surface area contributed by atoms with Crippen LogP contribution in [0.25, 0.3) is 10.2 Å². The van der Waals surface area contributed by atoms with Gasteiger partial charge in [-0.3, -0.25) is 9.52 Å². The highest BCUT2D eigenvalue weighted by Crippen LogP contribution is 2.22. The summed E-state index contributed by atoms with van der Waals surface area (Å²) < 4.78 is 36.3. The molecular weight excluding hydrogens is 506 g/mol. The van der Waals surface area contributed by atoms with Gasteiger partial charge < -0.3 is 9.30 Å². The molecule has 0 fully saturated rings. The van der Waals surface area contributed by atoms with Gasteiger partial charge in [-0.05, 0) is 62.4 Å². The topological polar surface area (TPSA) is 89.8 Å². The molecule has 182 valence electrons. The van der Waals surface area contributed by atoms with Gasteiger partial charge in [0.05, 0.1) is 21.7 Å². The highest BCUT2D eigenvalue weighted by atomic mass is 35.5. The third-order valence-electron chi connectivity index (χ3n) is 5.20. The largest absolute Gasteiger partial charge is 0.380 e. The third kappa shape index (κ3) is 5.99. The van der Waals surface area contributed by atoms with Gasteiger partial charge in [-0.2, -0.15) is 4.99 Å². The van der Waals surface area contributed by atoms with Gasteiger partial charge in [-0.1, -0.05) is 46.7 Å². The first-order valence-corrected chi connectivity index (χ1v) is 13.6. The van der Waals surface area contributed by atoms with Crippen molar-refractivity contribution in [2.75, 3.05) is 17.9 Å². The van der Waals surface area contributed by atoms with Crippen LogP contribution in [0.3, 0.4) is 0 Å². The molecule has 1 amide bonds. The molecule has 0 aliphatic heterocycles. The van der Waals surface area contributed by atoms with Crippen LogP contribution in [0.1, 0.15) is 22.8 Å². The Morgan fingerprint density at radius 3 is 2.63 bits per heavy atom. The molecule has 0 aliphatic rings. The zero-order chi connectivity index (χ0) is 25.0. The van der Waals surface area contributed by atoms with Crippen molar-refractivity contribution < 1.29 is 17.9 Å². The molecule has 0 bridgehead atoms. The van der Waals surface area contributed by atoms with Crippen LogP contribution in [0, 0.1) is 6.92 Å². The fourth-order valence-electron chi connectivity index (χ4n) is 3.45. The Morgan fingerprint density at radius 2 is 1.89 bits per heavy atom. The van der Waals surface area contributed by atoms with E-state index in [0.29, 0.717) is 29.6 Å². The smallest absolute Gasteiger partial charge is 0.279 e. The molecule has 0 spiro atoms. The number of aryl methyl sites for hydroxylation is 1. The number of hydrogen-bond donors (Lipinski definition) is 1. The lowest BCUT2D eigenvalue weighted by atomic mass is 10.2. The van der Waals surface area contributed by atoms with Gasteiger partial charge in [0.15, 0.2) is 4.80 Å². The first-order valence-electron chi connectivity index (χ1n) is 10.9. The number of aromatic nitrogens is 1. The van der Waals surface area contributed by atoms with Crippen molar-refractivity contribution in [1.29, 1.82) is 0 Å². The summed E-state index contributed by atoms with van der Waals surface area (Å²) in [5, 5.41) is 0.599. The number of thiazole rings is 1. The Morgan fingerprint density at radius 1 is 1.11 bits per heavy atom. The summed E-state index contributed by atoms with van der Waals surface area (Å²) in [6, 6.07) is 18.3. The van der Waals surface area contributed by atoms with Crippen LogP contribution in [-0.4, -0.2) is 32.1 Å². The zero-order valence-electron chi connectivity index (χ0n) is 19.2. The monoisotopic (exact) mass is 529 g/mol. The Labute approximate surface area is 212 Å². The molecule has 1 heterocycles. The van der Waals surface area contributed by atoms with Crippen LogP contribution in [-0.2, 0) is 21.3 Å². The fraction of sp³-hybridized carbons (Fsp3) is 0.200. The van der Waals surface area contributed by atoms with E-state index in [9.17, 15) is 13.2 Å². The molecule has 7 nitrogen and oxygen atoms in total. The summed E-state index contributed by atoms with van der Waals surface area (Å²) >= 11 is 7.51. The number of sulfonamides is 1. The van der Waals surface area contributed by atoms with E-state index in [1.165, 1.54) is 29.5 Å². The highest BCUT2D eigenvalue weighted by Gasteiger charge is 2.15. The summed E-state index contributed by atoms with van der Waals surface area (Å²) in [4.78, 5) is 18.1. The van der Waals surface area contributed by atoms with Gasteiger partial charge in [0.2, 0.25) is 0 Å². The molecule has 1 aromatic heterocycles. The van der Waals surface area contributed by atoms with E-state index in [-0.39, 0.29) is 16.1 Å². The highest BCUT2D eigenvalue weighted by molar-refractivity contribution is 7.92. The number of anilines is 1. The Hall–Kier alpha value is -2.98. The quantitative estimate of drug-likeness (QED) is 0.316. The van der Waals surface area contributed by atoms with E-state index in [0.717, 1.165) is 15.8 Å². The molecule has 35 heavy (non-hydrogen) atoms.